The minimum Gasteiger partial charge on any atom is -0.474 e. The van der Waals surface area contributed by atoms with Gasteiger partial charge in [0.25, 0.3) is 0 Å². The van der Waals surface area contributed by atoms with Crippen molar-refractivity contribution in [1.29, 1.82) is 0 Å². The van der Waals surface area contributed by atoms with Crippen LogP contribution in [0.2, 0.25) is 0 Å². The number of nitrogens with zero attached hydrogens (tertiary/aromatic N) is 3. The van der Waals surface area contributed by atoms with Gasteiger partial charge in [0.15, 0.2) is 9.84 Å². The first kappa shape index (κ1) is 22.8. The number of rotatable bonds is 4. The first-order valence-electron chi connectivity index (χ1n) is 9.92. The van der Waals surface area contributed by atoms with Gasteiger partial charge >= 0.3 is 11.8 Å². The van der Waals surface area contributed by atoms with E-state index < -0.39 is 21.6 Å². The van der Waals surface area contributed by atoms with E-state index in [4.69, 9.17) is 4.74 Å². The van der Waals surface area contributed by atoms with Gasteiger partial charge in [0.1, 0.15) is 6.10 Å². The number of sulfone groups is 1. The number of piperidine rings is 1. The van der Waals surface area contributed by atoms with E-state index in [0.717, 1.165) is 6.26 Å². The number of likely N-dealkylation sites (tertiary alicyclic amines) is 1. The molecule has 1 aromatic heterocycles. The Labute approximate surface area is 181 Å². The van der Waals surface area contributed by atoms with E-state index in [9.17, 15) is 23.1 Å². The molecule has 0 aliphatic carbocycles. The van der Waals surface area contributed by atoms with Gasteiger partial charge in [0.05, 0.1) is 10.6 Å². The number of ether oxygens (including phenoxy) is 1. The third kappa shape index (κ3) is 5.25. The standard InChI is InChI=1S/C21H27N3O6S/c1-21(2,3)17-13-15(9-11-24(17)20(26)27)30-18-10-12-23(19(25)22-18)14-5-7-16(8-6-14)31(4,28)29/h5-8,10,12,15,17H,9,11,13H2,1-4H3,(H,26,27). The second-order valence-corrected chi connectivity index (χ2v) is 10.8. The zero-order valence-electron chi connectivity index (χ0n) is 18.0. The van der Waals surface area contributed by atoms with Gasteiger partial charge in [-0.3, -0.25) is 4.57 Å². The predicted octanol–water partition coefficient (Wildman–Crippen LogP) is 2.57. The van der Waals surface area contributed by atoms with Crippen molar-refractivity contribution in [2.75, 3.05) is 12.8 Å². The lowest BCUT2D eigenvalue weighted by Gasteiger charge is -2.44. The molecule has 0 radical (unpaired) electrons. The summed E-state index contributed by atoms with van der Waals surface area (Å²) in [6, 6.07) is 7.30. The fourth-order valence-electron chi connectivity index (χ4n) is 3.76. The average molecular weight is 450 g/mol. The molecule has 1 fully saturated rings. The lowest BCUT2D eigenvalue weighted by atomic mass is 9.80. The lowest BCUT2D eigenvalue weighted by Crippen LogP contribution is -2.53. The molecule has 2 atom stereocenters. The van der Waals surface area contributed by atoms with Gasteiger partial charge in [-0.25, -0.2) is 18.0 Å². The van der Waals surface area contributed by atoms with Gasteiger partial charge in [-0.05, 0) is 29.7 Å². The maximum Gasteiger partial charge on any atom is 0.407 e. The summed E-state index contributed by atoms with van der Waals surface area (Å²) in [7, 11) is -3.32. The average Bonchev–Trinajstić information content (AvgIpc) is 2.67. The molecule has 168 valence electrons. The number of carboxylic acid groups (broad SMARTS) is 1. The highest BCUT2D eigenvalue weighted by Gasteiger charge is 2.39. The highest BCUT2D eigenvalue weighted by atomic mass is 32.2. The van der Waals surface area contributed by atoms with Crippen molar-refractivity contribution in [1.82, 2.24) is 14.5 Å². The van der Waals surface area contributed by atoms with Crippen LogP contribution in [0.25, 0.3) is 5.69 Å². The first-order chi connectivity index (χ1) is 14.4. The number of hydrogen-bond acceptors (Lipinski definition) is 6. The lowest BCUT2D eigenvalue weighted by molar-refractivity contribution is 0.0115. The minimum absolute atomic E-state index is 0.165. The molecular formula is C21H27N3O6S. The number of carbonyl (C=O) groups is 1. The highest BCUT2D eigenvalue weighted by molar-refractivity contribution is 7.90. The van der Waals surface area contributed by atoms with Crippen LogP contribution in [0.1, 0.15) is 33.6 Å². The molecule has 1 aliphatic heterocycles. The van der Waals surface area contributed by atoms with Gasteiger partial charge < -0.3 is 14.7 Å². The summed E-state index contributed by atoms with van der Waals surface area (Å²) in [5, 5.41) is 9.48. The van der Waals surface area contributed by atoms with Crippen molar-refractivity contribution in [2.45, 2.75) is 50.7 Å². The molecule has 0 saturated carbocycles. The summed E-state index contributed by atoms with van der Waals surface area (Å²) < 4.78 is 30.4. The molecule has 0 bridgehead atoms. The SMILES string of the molecule is CC(C)(C)C1CC(Oc2ccn(-c3ccc(S(C)(=O)=O)cc3)c(=O)n2)CCN1C(=O)O. The Morgan fingerprint density at radius 3 is 2.35 bits per heavy atom. The number of aromatic nitrogens is 2. The topological polar surface area (TPSA) is 119 Å². The van der Waals surface area contributed by atoms with Crippen molar-refractivity contribution >= 4 is 15.9 Å². The molecule has 1 saturated heterocycles. The maximum absolute atomic E-state index is 12.5. The molecule has 0 spiro atoms. The quantitative estimate of drug-likeness (QED) is 0.762. The summed E-state index contributed by atoms with van der Waals surface area (Å²) in [5.41, 5.74) is -0.325. The minimum atomic E-state index is -3.32. The van der Waals surface area contributed by atoms with E-state index in [2.05, 4.69) is 4.98 Å². The van der Waals surface area contributed by atoms with Gasteiger partial charge in [0.2, 0.25) is 5.88 Å². The second-order valence-electron chi connectivity index (χ2n) is 8.81. The van der Waals surface area contributed by atoms with Crippen LogP contribution in [0.4, 0.5) is 4.79 Å². The van der Waals surface area contributed by atoms with E-state index in [0.29, 0.717) is 25.1 Å². The summed E-state index contributed by atoms with van der Waals surface area (Å²) >= 11 is 0. The smallest absolute Gasteiger partial charge is 0.407 e. The Morgan fingerprint density at radius 1 is 1.19 bits per heavy atom. The van der Waals surface area contributed by atoms with Crippen molar-refractivity contribution in [3.05, 3.63) is 47.0 Å². The zero-order chi connectivity index (χ0) is 23.0. The number of amides is 1. The molecule has 1 amide bonds. The summed E-state index contributed by atoms with van der Waals surface area (Å²) in [4.78, 5) is 29.7. The Morgan fingerprint density at radius 2 is 1.84 bits per heavy atom. The van der Waals surface area contributed by atoms with Crippen LogP contribution < -0.4 is 10.4 Å². The van der Waals surface area contributed by atoms with Crippen LogP contribution in [-0.2, 0) is 9.84 Å². The summed E-state index contributed by atoms with van der Waals surface area (Å²) in [6.07, 6.45) is 2.46. The summed E-state index contributed by atoms with van der Waals surface area (Å²) in [6.45, 7) is 6.32. The Balaban J connectivity index is 1.76. The van der Waals surface area contributed by atoms with Gasteiger partial charge in [0, 0.05) is 43.9 Å². The molecule has 2 heterocycles. The second kappa shape index (κ2) is 8.33. The first-order valence-corrected chi connectivity index (χ1v) is 11.8. The molecule has 31 heavy (non-hydrogen) atoms. The fourth-order valence-corrected chi connectivity index (χ4v) is 4.39. The molecule has 3 rings (SSSR count). The van der Waals surface area contributed by atoms with Gasteiger partial charge in [-0.1, -0.05) is 20.8 Å². The van der Waals surface area contributed by atoms with Crippen molar-refractivity contribution < 1.29 is 23.1 Å². The largest absolute Gasteiger partial charge is 0.474 e. The molecule has 2 unspecified atom stereocenters. The fraction of sp³-hybridized carbons (Fsp3) is 0.476. The van der Waals surface area contributed by atoms with Crippen LogP contribution >= 0.6 is 0 Å². The van der Waals surface area contributed by atoms with E-state index in [1.165, 1.54) is 39.9 Å². The van der Waals surface area contributed by atoms with Gasteiger partial charge in [-0.15, -0.1) is 0 Å². The Hall–Kier alpha value is -2.88. The van der Waals surface area contributed by atoms with Crippen LogP contribution in [0, 0.1) is 5.41 Å². The molecule has 10 heteroatoms. The third-order valence-electron chi connectivity index (χ3n) is 5.41. The van der Waals surface area contributed by atoms with Crippen LogP contribution in [0.3, 0.4) is 0 Å². The van der Waals surface area contributed by atoms with Crippen molar-refractivity contribution in [3.63, 3.8) is 0 Å². The molecule has 2 aromatic rings. The summed E-state index contributed by atoms with van der Waals surface area (Å²) in [5.74, 6) is 0.176. The highest BCUT2D eigenvalue weighted by Crippen LogP contribution is 2.33. The number of benzene rings is 1. The molecule has 1 aromatic carbocycles. The van der Waals surface area contributed by atoms with Crippen molar-refractivity contribution in [2.24, 2.45) is 5.41 Å². The predicted molar refractivity (Wildman–Crippen MR) is 115 cm³/mol. The zero-order valence-corrected chi connectivity index (χ0v) is 18.8. The normalized spacial score (nSPS) is 19.8. The van der Waals surface area contributed by atoms with Crippen molar-refractivity contribution in [3.8, 4) is 11.6 Å². The van der Waals surface area contributed by atoms with E-state index >= 15 is 0 Å². The van der Waals surface area contributed by atoms with E-state index in [-0.39, 0.29) is 28.3 Å². The van der Waals surface area contributed by atoms with E-state index in [1.807, 2.05) is 20.8 Å². The van der Waals surface area contributed by atoms with Crippen LogP contribution in [0.15, 0.2) is 46.2 Å². The van der Waals surface area contributed by atoms with Crippen LogP contribution in [0.5, 0.6) is 5.88 Å². The molecule has 9 nitrogen and oxygen atoms in total. The monoisotopic (exact) mass is 449 g/mol. The van der Waals surface area contributed by atoms with Crippen LogP contribution in [-0.4, -0.2) is 59.0 Å². The number of hydrogen-bond donors (Lipinski definition) is 1. The molecule has 1 N–H and O–H groups in total. The third-order valence-corrected chi connectivity index (χ3v) is 6.54. The molecular weight excluding hydrogens is 422 g/mol. The maximum atomic E-state index is 12.5. The van der Waals surface area contributed by atoms with E-state index in [1.54, 1.807) is 6.07 Å². The Kier molecular flexibility index (Phi) is 6.13. The molecule has 1 aliphatic rings. The van der Waals surface area contributed by atoms with Gasteiger partial charge in [-0.2, -0.15) is 4.98 Å². The Bertz CT molecular complexity index is 1120.